The first-order chi connectivity index (χ1) is 12.6. The van der Waals surface area contributed by atoms with Crippen LogP contribution in [0, 0.1) is 5.92 Å². The maximum absolute atomic E-state index is 11.1. The fourth-order valence-electron chi connectivity index (χ4n) is 2.80. The van der Waals surface area contributed by atoms with Gasteiger partial charge in [0.25, 0.3) is 0 Å². The number of carbonyl (C=O) groups is 2. The molecule has 0 bridgehead atoms. The lowest BCUT2D eigenvalue weighted by Crippen LogP contribution is -2.00. The summed E-state index contributed by atoms with van der Waals surface area (Å²) < 4.78 is 0. The molecule has 0 aromatic carbocycles. The van der Waals surface area contributed by atoms with E-state index in [2.05, 4.69) is 37.8 Å². The first-order valence-electron chi connectivity index (χ1n) is 10.3. The Labute approximate surface area is 160 Å². The topological polar surface area (TPSA) is 54.4 Å². The summed E-state index contributed by atoms with van der Waals surface area (Å²) in [4.78, 5) is 21.7. The molecule has 0 fully saturated rings. The van der Waals surface area contributed by atoms with Gasteiger partial charge in [-0.15, -0.1) is 0 Å². The fourth-order valence-corrected chi connectivity index (χ4v) is 2.80. The van der Waals surface area contributed by atoms with Gasteiger partial charge in [-0.2, -0.15) is 0 Å². The predicted octanol–water partition coefficient (Wildman–Crippen LogP) is 6.65. The largest absolute Gasteiger partial charge is 0.478 e. The van der Waals surface area contributed by atoms with Crippen molar-refractivity contribution >= 4 is 12.3 Å². The lowest BCUT2D eigenvalue weighted by Gasteiger charge is -2.06. The van der Waals surface area contributed by atoms with Gasteiger partial charge in [0.2, 0.25) is 0 Å². The van der Waals surface area contributed by atoms with E-state index in [4.69, 9.17) is 5.11 Å². The maximum atomic E-state index is 11.1. The minimum atomic E-state index is -0.878. The molecule has 0 aliphatic rings. The van der Waals surface area contributed by atoms with E-state index < -0.39 is 5.97 Å². The molecule has 0 amide bonds. The van der Waals surface area contributed by atoms with E-state index in [1.54, 1.807) is 0 Å². The van der Waals surface area contributed by atoms with Crippen LogP contribution in [-0.2, 0) is 9.59 Å². The molecular formula is C23H38O3. The van der Waals surface area contributed by atoms with Gasteiger partial charge in [0.1, 0.15) is 6.29 Å². The van der Waals surface area contributed by atoms with Crippen LogP contribution in [0.2, 0.25) is 0 Å². The standard InChI is InChI=1S/C23H38O3/c1-3-4-5-15-18-22(20-24)19-16-13-11-9-7-6-8-10-12-14-17-21(2)23(25)26/h7,9,13,16,20,22H,2-6,8,10-12,14-15,17-19H2,1H3,(H,25,26). The van der Waals surface area contributed by atoms with Gasteiger partial charge in [-0.1, -0.05) is 76.3 Å². The zero-order chi connectivity index (χ0) is 19.5. The Morgan fingerprint density at radius 2 is 1.65 bits per heavy atom. The summed E-state index contributed by atoms with van der Waals surface area (Å²) >= 11 is 0. The van der Waals surface area contributed by atoms with Crippen molar-refractivity contribution in [2.45, 2.75) is 90.4 Å². The summed E-state index contributed by atoms with van der Waals surface area (Å²) in [5, 5.41) is 8.71. The predicted molar refractivity (Wildman–Crippen MR) is 110 cm³/mol. The van der Waals surface area contributed by atoms with Crippen molar-refractivity contribution in [2.24, 2.45) is 5.92 Å². The van der Waals surface area contributed by atoms with E-state index in [1.807, 2.05) is 0 Å². The van der Waals surface area contributed by atoms with Crippen LogP contribution in [0.1, 0.15) is 90.4 Å². The van der Waals surface area contributed by atoms with E-state index in [0.717, 1.165) is 64.1 Å². The number of carboxylic acids is 1. The van der Waals surface area contributed by atoms with Crippen LogP contribution in [0.15, 0.2) is 36.5 Å². The molecule has 0 spiro atoms. The highest BCUT2D eigenvalue weighted by molar-refractivity contribution is 5.85. The second kappa shape index (κ2) is 18.2. The van der Waals surface area contributed by atoms with Crippen molar-refractivity contribution in [2.75, 3.05) is 0 Å². The van der Waals surface area contributed by atoms with E-state index in [0.29, 0.717) is 12.0 Å². The Kier molecular flexibility index (Phi) is 17.0. The number of carboxylic acid groups (broad SMARTS) is 1. The molecule has 1 unspecified atom stereocenters. The Bertz CT molecular complexity index is 435. The highest BCUT2D eigenvalue weighted by Crippen LogP contribution is 2.13. The van der Waals surface area contributed by atoms with E-state index >= 15 is 0 Å². The SMILES string of the molecule is C=C(CCCCCCC=CCC=CCC(C=O)CCCCCC)C(=O)O. The van der Waals surface area contributed by atoms with Crippen LogP contribution in [0.3, 0.4) is 0 Å². The van der Waals surface area contributed by atoms with E-state index in [9.17, 15) is 9.59 Å². The molecule has 0 aromatic rings. The average Bonchev–Trinajstić information content (AvgIpc) is 2.63. The molecule has 26 heavy (non-hydrogen) atoms. The van der Waals surface area contributed by atoms with E-state index in [1.165, 1.54) is 19.3 Å². The zero-order valence-electron chi connectivity index (χ0n) is 16.6. The van der Waals surface area contributed by atoms with Gasteiger partial charge in [0, 0.05) is 11.5 Å². The monoisotopic (exact) mass is 362 g/mol. The van der Waals surface area contributed by atoms with Crippen molar-refractivity contribution in [3.63, 3.8) is 0 Å². The molecule has 148 valence electrons. The van der Waals surface area contributed by atoms with E-state index in [-0.39, 0.29) is 5.92 Å². The van der Waals surface area contributed by atoms with Gasteiger partial charge >= 0.3 is 5.97 Å². The number of carbonyl (C=O) groups excluding carboxylic acids is 1. The van der Waals surface area contributed by atoms with Crippen molar-refractivity contribution in [3.8, 4) is 0 Å². The average molecular weight is 363 g/mol. The number of aliphatic carboxylic acids is 1. The Morgan fingerprint density at radius 1 is 0.962 bits per heavy atom. The molecule has 0 aliphatic heterocycles. The minimum absolute atomic E-state index is 0.185. The zero-order valence-corrected chi connectivity index (χ0v) is 16.6. The second-order valence-electron chi connectivity index (χ2n) is 7.02. The van der Waals surface area contributed by atoms with Crippen LogP contribution in [0.4, 0.5) is 0 Å². The molecule has 0 heterocycles. The molecule has 0 saturated carbocycles. The lowest BCUT2D eigenvalue weighted by atomic mass is 9.98. The third-order valence-electron chi connectivity index (χ3n) is 4.57. The third-order valence-corrected chi connectivity index (χ3v) is 4.57. The molecule has 1 N–H and O–H groups in total. The van der Waals surface area contributed by atoms with Crippen LogP contribution >= 0.6 is 0 Å². The number of aldehydes is 1. The van der Waals surface area contributed by atoms with Crippen LogP contribution < -0.4 is 0 Å². The molecule has 0 saturated heterocycles. The second-order valence-corrected chi connectivity index (χ2v) is 7.02. The molecule has 3 nitrogen and oxygen atoms in total. The van der Waals surface area contributed by atoms with Gasteiger partial charge < -0.3 is 9.90 Å². The smallest absolute Gasteiger partial charge is 0.330 e. The summed E-state index contributed by atoms with van der Waals surface area (Å²) in [5.74, 6) is -0.693. The van der Waals surface area contributed by atoms with Gasteiger partial charge in [0.05, 0.1) is 0 Å². The quantitative estimate of drug-likeness (QED) is 0.129. The van der Waals surface area contributed by atoms with Crippen molar-refractivity contribution in [1.29, 1.82) is 0 Å². The first-order valence-corrected chi connectivity index (χ1v) is 10.3. The summed E-state index contributed by atoms with van der Waals surface area (Å²) in [6.07, 6.45) is 23.4. The van der Waals surface area contributed by atoms with Crippen LogP contribution in [-0.4, -0.2) is 17.4 Å². The number of unbranched alkanes of at least 4 members (excludes halogenated alkanes) is 7. The third kappa shape index (κ3) is 15.9. The first kappa shape index (κ1) is 24.4. The van der Waals surface area contributed by atoms with Gasteiger partial charge in [0.15, 0.2) is 0 Å². The Morgan fingerprint density at radius 3 is 2.35 bits per heavy atom. The fraction of sp³-hybridized carbons (Fsp3) is 0.652. The molecule has 3 heteroatoms. The molecule has 0 aliphatic carbocycles. The number of hydrogen-bond donors (Lipinski definition) is 1. The molecule has 0 rings (SSSR count). The van der Waals surface area contributed by atoms with Gasteiger partial charge in [-0.25, -0.2) is 4.79 Å². The Balaban J connectivity index is 3.55. The molecular weight excluding hydrogens is 324 g/mol. The Hall–Kier alpha value is -1.64. The summed E-state index contributed by atoms with van der Waals surface area (Å²) in [5.41, 5.74) is 0.314. The summed E-state index contributed by atoms with van der Waals surface area (Å²) in [6, 6.07) is 0. The number of hydrogen-bond acceptors (Lipinski definition) is 2. The number of allylic oxidation sites excluding steroid dienone is 4. The summed E-state index contributed by atoms with van der Waals surface area (Å²) in [6.45, 7) is 5.74. The van der Waals surface area contributed by atoms with Gasteiger partial charge in [-0.3, -0.25) is 0 Å². The number of rotatable bonds is 18. The van der Waals surface area contributed by atoms with Crippen molar-refractivity contribution in [3.05, 3.63) is 36.5 Å². The van der Waals surface area contributed by atoms with Crippen molar-refractivity contribution < 1.29 is 14.7 Å². The highest BCUT2D eigenvalue weighted by atomic mass is 16.4. The minimum Gasteiger partial charge on any atom is -0.478 e. The molecule has 1 atom stereocenters. The normalized spacial score (nSPS) is 12.7. The highest BCUT2D eigenvalue weighted by Gasteiger charge is 2.04. The molecule has 0 radical (unpaired) electrons. The maximum Gasteiger partial charge on any atom is 0.330 e. The lowest BCUT2D eigenvalue weighted by molar-refractivity contribution is -0.132. The molecule has 0 aromatic heterocycles. The summed E-state index contributed by atoms with van der Waals surface area (Å²) in [7, 11) is 0. The van der Waals surface area contributed by atoms with Crippen LogP contribution in [0.25, 0.3) is 0 Å². The van der Waals surface area contributed by atoms with Crippen molar-refractivity contribution in [1.82, 2.24) is 0 Å². The van der Waals surface area contributed by atoms with Crippen LogP contribution in [0.5, 0.6) is 0 Å². The van der Waals surface area contributed by atoms with Gasteiger partial charge in [-0.05, 0) is 44.9 Å².